The third kappa shape index (κ3) is 2.12. The Balaban J connectivity index is 2.82. The van der Waals surface area contributed by atoms with Crippen LogP contribution in [0.5, 0.6) is 0 Å². The quantitative estimate of drug-likeness (QED) is 0.691. The Morgan fingerprint density at radius 2 is 2.14 bits per heavy atom. The Morgan fingerprint density at radius 1 is 1.57 bits per heavy atom. The summed E-state index contributed by atoms with van der Waals surface area (Å²) in [6.07, 6.45) is -0.667. The lowest BCUT2D eigenvalue weighted by atomic mass is 10.0. The monoisotopic (exact) mass is 239 g/mol. The number of ether oxygens (including phenoxy) is 1. The highest BCUT2D eigenvalue weighted by Gasteiger charge is 2.41. The summed E-state index contributed by atoms with van der Waals surface area (Å²) in [5, 5.41) is 0. The van der Waals surface area contributed by atoms with Crippen LogP contribution in [0.2, 0.25) is 0 Å². The number of cyclic esters (lactones) is 1. The van der Waals surface area contributed by atoms with Gasteiger partial charge < -0.3 is 4.74 Å². The molecule has 0 aromatic heterocycles. The van der Waals surface area contributed by atoms with E-state index < -0.39 is 16.8 Å². The molecular weight excluding hydrogens is 229 g/mol. The van der Waals surface area contributed by atoms with Crippen molar-refractivity contribution in [2.24, 2.45) is 5.92 Å². The molecule has 0 N–H and O–H groups in total. The molecule has 80 valence electrons. The highest BCUT2D eigenvalue weighted by molar-refractivity contribution is 6.53. The van der Waals surface area contributed by atoms with Crippen molar-refractivity contribution < 1.29 is 14.3 Å². The number of carbonyl (C=O) groups is 2. The maximum Gasteiger partial charge on any atom is 0.417 e. The van der Waals surface area contributed by atoms with Crippen LogP contribution in [-0.4, -0.2) is 34.4 Å². The van der Waals surface area contributed by atoms with E-state index in [-0.39, 0.29) is 18.6 Å². The summed E-state index contributed by atoms with van der Waals surface area (Å²) in [7, 11) is 0. The second-order valence-electron chi connectivity index (χ2n) is 3.40. The fourth-order valence-electron chi connectivity index (χ4n) is 1.29. The average Bonchev–Trinajstić information content (AvgIpc) is 2.45. The molecule has 0 spiro atoms. The van der Waals surface area contributed by atoms with E-state index in [4.69, 9.17) is 27.9 Å². The summed E-state index contributed by atoms with van der Waals surface area (Å²) in [4.78, 5) is 22.4. The molecule has 4 nitrogen and oxygen atoms in total. The lowest BCUT2D eigenvalue weighted by Crippen LogP contribution is -2.44. The van der Waals surface area contributed by atoms with E-state index in [0.29, 0.717) is 0 Å². The normalized spacial score (nSPS) is 22.0. The Hall–Kier alpha value is -0.480. The third-order valence-electron chi connectivity index (χ3n) is 2.10. The molecule has 1 fully saturated rings. The zero-order valence-corrected chi connectivity index (χ0v) is 9.38. The number of halogens is 2. The van der Waals surface area contributed by atoms with Crippen molar-refractivity contribution in [3.63, 3.8) is 0 Å². The number of rotatable bonds is 2. The highest BCUT2D eigenvalue weighted by atomic mass is 35.5. The van der Waals surface area contributed by atoms with Crippen LogP contribution in [0.3, 0.4) is 0 Å². The summed E-state index contributed by atoms with van der Waals surface area (Å²) < 4.78 is 4.76. The van der Waals surface area contributed by atoms with Crippen LogP contribution in [0.25, 0.3) is 0 Å². The lowest BCUT2D eigenvalue weighted by molar-refractivity contribution is -0.127. The van der Waals surface area contributed by atoms with Crippen LogP contribution in [0.1, 0.15) is 13.8 Å². The first-order valence-electron chi connectivity index (χ1n) is 4.23. The fraction of sp³-hybridized carbons (Fsp3) is 0.750. The summed E-state index contributed by atoms with van der Waals surface area (Å²) in [6.45, 7) is 4.00. The van der Waals surface area contributed by atoms with Gasteiger partial charge >= 0.3 is 6.09 Å². The van der Waals surface area contributed by atoms with Crippen LogP contribution in [-0.2, 0) is 9.53 Å². The summed E-state index contributed by atoms with van der Waals surface area (Å²) in [5.74, 6) is -0.494. The van der Waals surface area contributed by atoms with Crippen molar-refractivity contribution in [1.82, 2.24) is 4.90 Å². The van der Waals surface area contributed by atoms with Gasteiger partial charge in [0.15, 0.2) is 4.84 Å². The molecule has 0 saturated carbocycles. The van der Waals surface area contributed by atoms with Crippen LogP contribution in [0, 0.1) is 5.92 Å². The highest BCUT2D eigenvalue weighted by Crippen LogP contribution is 2.22. The minimum atomic E-state index is -1.22. The van der Waals surface area contributed by atoms with E-state index in [9.17, 15) is 9.59 Å². The smallest absolute Gasteiger partial charge is 0.417 e. The molecule has 0 aromatic carbocycles. The van der Waals surface area contributed by atoms with Gasteiger partial charge in [0.25, 0.3) is 5.91 Å². The number of amides is 2. The Kier molecular flexibility index (Phi) is 3.61. The van der Waals surface area contributed by atoms with Gasteiger partial charge in [-0.2, -0.15) is 0 Å². The largest absolute Gasteiger partial charge is 0.447 e. The summed E-state index contributed by atoms with van der Waals surface area (Å²) in [5.41, 5.74) is 0. The van der Waals surface area contributed by atoms with Gasteiger partial charge in [0.1, 0.15) is 6.61 Å². The minimum Gasteiger partial charge on any atom is -0.447 e. The molecule has 14 heavy (non-hydrogen) atoms. The van der Waals surface area contributed by atoms with Gasteiger partial charge in [-0.15, -0.1) is 0 Å². The number of alkyl halides is 2. The van der Waals surface area contributed by atoms with Crippen LogP contribution >= 0.6 is 23.2 Å². The second kappa shape index (κ2) is 4.36. The Labute approximate surface area is 92.1 Å². The maximum absolute atomic E-state index is 11.4. The maximum atomic E-state index is 11.4. The predicted octanol–water partition coefficient (Wildman–Crippen LogP) is 1.79. The molecular formula is C8H11Cl2NO3. The fourth-order valence-corrected chi connectivity index (χ4v) is 1.50. The van der Waals surface area contributed by atoms with Gasteiger partial charge in [0.05, 0.1) is 6.04 Å². The van der Waals surface area contributed by atoms with Crippen LogP contribution < -0.4 is 0 Å². The average molecular weight is 240 g/mol. The Bertz CT molecular complexity index is 255. The number of imide groups is 1. The molecule has 1 saturated heterocycles. The molecule has 1 heterocycles. The van der Waals surface area contributed by atoms with Crippen molar-refractivity contribution >= 4 is 35.2 Å². The zero-order chi connectivity index (χ0) is 10.9. The van der Waals surface area contributed by atoms with Crippen LogP contribution in [0.4, 0.5) is 4.79 Å². The molecule has 6 heteroatoms. The van der Waals surface area contributed by atoms with Gasteiger partial charge in [0, 0.05) is 0 Å². The molecule has 0 aromatic rings. The van der Waals surface area contributed by atoms with E-state index in [1.807, 2.05) is 13.8 Å². The molecule has 0 aliphatic carbocycles. The van der Waals surface area contributed by atoms with Gasteiger partial charge in [-0.25, -0.2) is 9.69 Å². The van der Waals surface area contributed by atoms with Gasteiger partial charge in [-0.3, -0.25) is 4.79 Å². The molecule has 2 amide bonds. The van der Waals surface area contributed by atoms with Gasteiger partial charge in [0.2, 0.25) is 0 Å². The second-order valence-corrected chi connectivity index (χ2v) is 4.49. The lowest BCUT2D eigenvalue weighted by Gasteiger charge is -2.22. The zero-order valence-electron chi connectivity index (χ0n) is 7.87. The molecule has 1 aliphatic heterocycles. The first-order chi connectivity index (χ1) is 6.45. The molecule has 0 radical (unpaired) electrons. The van der Waals surface area contributed by atoms with Crippen LogP contribution in [0.15, 0.2) is 0 Å². The summed E-state index contributed by atoms with van der Waals surface area (Å²) in [6, 6.07) is -0.269. The van der Waals surface area contributed by atoms with E-state index in [1.54, 1.807) is 0 Å². The first-order valence-corrected chi connectivity index (χ1v) is 5.10. The minimum absolute atomic E-state index is 0.123. The van der Waals surface area contributed by atoms with E-state index in [1.165, 1.54) is 0 Å². The molecule has 1 aliphatic rings. The topological polar surface area (TPSA) is 46.6 Å². The van der Waals surface area contributed by atoms with Crippen molar-refractivity contribution in [3.05, 3.63) is 0 Å². The Morgan fingerprint density at radius 3 is 2.57 bits per heavy atom. The van der Waals surface area contributed by atoms with Crippen molar-refractivity contribution in [3.8, 4) is 0 Å². The van der Waals surface area contributed by atoms with Gasteiger partial charge in [-0.05, 0) is 5.92 Å². The predicted molar refractivity (Wildman–Crippen MR) is 52.3 cm³/mol. The molecule has 0 bridgehead atoms. The molecule has 1 unspecified atom stereocenters. The standard InChI is InChI=1S/C8H11Cl2NO3/c1-4(2)5-3-14-8(13)11(5)7(12)6(9)10/h4-6H,3H2,1-2H3. The van der Waals surface area contributed by atoms with E-state index >= 15 is 0 Å². The summed E-state index contributed by atoms with van der Waals surface area (Å²) >= 11 is 10.8. The molecule has 1 rings (SSSR count). The first kappa shape index (κ1) is 11.6. The van der Waals surface area contributed by atoms with Crippen molar-refractivity contribution in [1.29, 1.82) is 0 Å². The van der Waals surface area contributed by atoms with Crippen molar-refractivity contribution in [2.75, 3.05) is 6.61 Å². The number of carbonyl (C=O) groups excluding carboxylic acids is 2. The number of hydrogen-bond donors (Lipinski definition) is 0. The van der Waals surface area contributed by atoms with E-state index in [0.717, 1.165) is 4.90 Å². The SMILES string of the molecule is CC(C)C1COC(=O)N1C(=O)C(Cl)Cl. The van der Waals surface area contributed by atoms with Crippen molar-refractivity contribution in [2.45, 2.75) is 24.7 Å². The number of nitrogens with zero attached hydrogens (tertiary/aromatic N) is 1. The molecule has 1 atom stereocenters. The van der Waals surface area contributed by atoms with Gasteiger partial charge in [-0.1, -0.05) is 37.0 Å². The number of hydrogen-bond acceptors (Lipinski definition) is 3. The third-order valence-corrected chi connectivity index (χ3v) is 2.47. The van der Waals surface area contributed by atoms with E-state index in [2.05, 4.69) is 0 Å².